The average molecular weight is 430 g/mol. The number of nitrogens with one attached hydrogen (secondary N) is 1. The third-order valence-electron chi connectivity index (χ3n) is 4.95. The molecule has 1 aliphatic rings. The van der Waals surface area contributed by atoms with Crippen LogP contribution in [0.2, 0.25) is 0 Å². The molecule has 4 rings (SSSR count). The Bertz CT molecular complexity index is 1050. The van der Waals surface area contributed by atoms with Gasteiger partial charge in [-0.05, 0) is 47.7 Å². The number of ether oxygens (including phenoxy) is 2. The van der Waals surface area contributed by atoms with Crippen molar-refractivity contribution in [3.05, 3.63) is 69.9 Å². The van der Waals surface area contributed by atoms with Gasteiger partial charge in [0.05, 0.1) is 24.0 Å². The average Bonchev–Trinajstić information content (AvgIpc) is 3.21. The lowest BCUT2D eigenvalue weighted by Gasteiger charge is -2.30. The van der Waals surface area contributed by atoms with Crippen LogP contribution in [0, 0.1) is 0 Å². The van der Waals surface area contributed by atoms with E-state index < -0.39 is 12.5 Å². The molecule has 0 fully saturated rings. The molecule has 0 saturated heterocycles. The van der Waals surface area contributed by atoms with Crippen molar-refractivity contribution in [1.82, 2.24) is 0 Å². The molecule has 2 aromatic carbocycles. The summed E-state index contributed by atoms with van der Waals surface area (Å²) in [6.07, 6.45) is 0.942. The molecule has 0 radical (unpaired) electrons. The van der Waals surface area contributed by atoms with Gasteiger partial charge in [0.15, 0.2) is 11.5 Å². The van der Waals surface area contributed by atoms with Crippen LogP contribution in [0.3, 0.4) is 0 Å². The van der Waals surface area contributed by atoms with Gasteiger partial charge in [-0.2, -0.15) is 8.78 Å². The summed E-state index contributed by atoms with van der Waals surface area (Å²) in [5, 5.41) is 4.94. The number of para-hydroxylation sites is 3. The van der Waals surface area contributed by atoms with Gasteiger partial charge in [-0.3, -0.25) is 4.79 Å². The molecule has 0 aliphatic carbocycles. The Hall–Kier alpha value is -3.13. The van der Waals surface area contributed by atoms with E-state index in [2.05, 4.69) is 26.4 Å². The zero-order valence-electron chi connectivity index (χ0n) is 16.2. The lowest BCUT2D eigenvalue weighted by Crippen LogP contribution is -2.30. The SMILES string of the molecule is COc1cccc(C(=O)Nc2ccccc2N2CCc3sccc3C2)c1OC(F)F. The van der Waals surface area contributed by atoms with Crippen LogP contribution < -0.4 is 19.7 Å². The van der Waals surface area contributed by atoms with E-state index >= 15 is 0 Å². The number of alkyl halides is 2. The molecular formula is C22H20F2N2O3S. The number of fused-ring (bicyclic) bond motifs is 1. The number of methoxy groups -OCH3 is 1. The number of halogens is 2. The number of carbonyl (C=O) groups excluding carboxylic acids is 1. The van der Waals surface area contributed by atoms with Crippen LogP contribution in [0.5, 0.6) is 11.5 Å². The Morgan fingerprint density at radius 2 is 2.00 bits per heavy atom. The number of carbonyl (C=O) groups is 1. The first-order valence-electron chi connectivity index (χ1n) is 9.39. The van der Waals surface area contributed by atoms with E-state index in [4.69, 9.17) is 4.74 Å². The van der Waals surface area contributed by atoms with E-state index in [0.717, 1.165) is 25.2 Å². The predicted molar refractivity (Wildman–Crippen MR) is 113 cm³/mol. The second-order valence-corrected chi connectivity index (χ2v) is 7.73. The number of amides is 1. The Morgan fingerprint density at radius 3 is 2.80 bits per heavy atom. The zero-order valence-corrected chi connectivity index (χ0v) is 17.0. The Kier molecular flexibility index (Phi) is 5.85. The molecule has 0 unspecified atom stereocenters. The van der Waals surface area contributed by atoms with Gasteiger partial charge in [0.2, 0.25) is 0 Å². The van der Waals surface area contributed by atoms with Gasteiger partial charge in [0.25, 0.3) is 5.91 Å². The normalized spacial score (nSPS) is 13.1. The van der Waals surface area contributed by atoms with Crippen LogP contribution in [0.4, 0.5) is 20.2 Å². The summed E-state index contributed by atoms with van der Waals surface area (Å²) in [7, 11) is 1.33. The lowest BCUT2D eigenvalue weighted by molar-refractivity contribution is -0.0515. The van der Waals surface area contributed by atoms with E-state index in [9.17, 15) is 13.6 Å². The Balaban J connectivity index is 1.61. The van der Waals surface area contributed by atoms with E-state index in [1.54, 1.807) is 23.5 Å². The summed E-state index contributed by atoms with van der Waals surface area (Å²) < 4.78 is 35.4. The van der Waals surface area contributed by atoms with Crippen molar-refractivity contribution >= 4 is 28.6 Å². The van der Waals surface area contributed by atoms with Crippen LogP contribution in [0.15, 0.2) is 53.9 Å². The predicted octanol–water partition coefficient (Wildman–Crippen LogP) is 5.17. The van der Waals surface area contributed by atoms with E-state index in [1.165, 1.54) is 29.7 Å². The fraction of sp³-hybridized carbons (Fsp3) is 0.227. The first-order chi connectivity index (χ1) is 14.6. The quantitative estimate of drug-likeness (QED) is 0.586. The maximum Gasteiger partial charge on any atom is 0.387 e. The number of nitrogens with zero attached hydrogens (tertiary/aromatic N) is 1. The highest BCUT2D eigenvalue weighted by Gasteiger charge is 2.23. The molecule has 0 saturated carbocycles. The standard InChI is InChI=1S/C22H20F2N2O3S/c1-28-18-8-4-5-15(20(18)29-22(23)24)21(27)25-16-6-2-3-7-17(16)26-11-9-19-14(13-26)10-12-30-19/h2-8,10,12,22H,9,11,13H2,1H3,(H,25,27). The van der Waals surface area contributed by atoms with Crippen molar-refractivity contribution in [2.75, 3.05) is 23.9 Å². The first kappa shape index (κ1) is 20.2. The highest BCUT2D eigenvalue weighted by Crippen LogP contribution is 2.35. The molecule has 0 bridgehead atoms. The molecule has 30 heavy (non-hydrogen) atoms. The monoisotopic (exact) mass is 430 g/mol. The molecule has 3 aromatic rings. The lowest BCUT2D eigenvalue weighted by atomic mass is 10.1. The number of thiophene rings is 1. The van der Waals surface area contributed by atoms with Crippen LogP contribution in [-0.4, -0.2) is 26.2 Å². The molecule has 156 valence electrons. The topological polar surface area (TPSA) is 50.8 Å². The number of rotatable bonds is 6. The van der Waals surface area contributed by atoms with E-state index in [1.807, 2.05) is 18.2 Å². The number of anilines is 2. The minimum absolute atomic E-state index is 0.0248. The minimum atomic E-state index is -3.08. The summed E-state index contributed by atoms with van der Waals surface area (Å²) in [6.45, 7) is -1.49. The zero-order chi connectivity index (χ0) is 21.1. The van der Waals surface area contributed by atoms with Crippen molar-refractivity contribution in [3.63, 3.8) is 0 Å². The first-order valence-corrected chi connectivity index (χ1v) is 10.3. The second-order valence-electron chi connectivity index (χ2n) is 6.73. The molecular weight excluding hydrogens is 410 g/mol. The summed E-state index contributed by atoms with van der Waals surface area (Å²) >= 11 is 1.76. The smallest absolute Gasteiger partial charge is 0.387 e. The summed E-state index contributed by atoms with van der Waals surface area (Å²) in [6, 6.07) is 14.0. The van der Waals surface area contributed by atoms with Crippen LogP contribution in [-0.2, 0) is 13.0 Å². The molecule has 2 heterocycles. The van der Waals surface area contributed by atoms with Crippen LogP contribution >= 0.6 is 11.3 Å². The van der Waals surface area contributed by atoms with Crippen LogP contribution in [0.25, 0.3) is 0 Å². The molecule has 1 aliphatic heterocycles. The summed E-state index contributed by atoms with van der Waals surface area (Å²) in [5.41, 5.74) is 2.74. The third-order valence-corrected chi connectivity index (χ3v) is 5.97. The maximum atomic E-state index is 13.0. The van der Waals surface area contributed by atoms with Crippen molar-refractivity contribution < 1.29 is 23.0 Å². The van der Waals surface area contributed by atoms with Gasteiger partial charge in [-0.25, -0.2) is 0 Å². The minimum Gasteiger partial charge on any atom is -0.493 e. The number of hydrogen-bond donors (Lipinski definition) is 1. The van der Waals surface area contributed by atoms with Gasteiger partial charge in [-0.15, -0.1) is 11.3 Å². The molecule has 0 spiro atoms. The largest absolute Gasteiger partial charge is 0.493 e. The van der Waals surface area contributed by atoms with Crippen molar-refractivity contribution in [3.8, 4) is 11.5 Å². The molecule has 1 amide bonds. The summed E-state index contributed by atoms with van der Waals surface area (Å²) in [5.74, 6) is -0.770. The van der Waals surface area contributed by atoms with Gasteiger partial charge >= 0.3 is 6.61 Å². The third kappa shape index (κ3) is 4.09. The number of hydrogen-bond acceptors (Lipinski definition) is 5. The molecule has 0 atom stereocenters. The van der Waals surface area contributed by atoms with Gasteiger partial charge in [0.1, 0.15) is 0 Å². The maximum absolute atomic E-state index is 13.0. The van der Waals surface area contributed by atoms with Gasteiger partial charge in [0, 0.05) is 18.0 Å². The fourth-order valence-corrected chi connectivity index (χ4v) is 4.45. The summed E-state index contributed by atoms with van der Waals surface area (Å²) in [4.78, 5) is 16.6. The highest BCUT2D eigenvalue weighted by molar-refractivity contribution is 7.10. The van der Waals surface area contributed by atoms with Crippen LogP contribution in [0.1, 0.15) is 20.8 Å². The van der Waals surface area contributed by atoms with Crippen molar-refractivity contribution in [2.24, 2.45) is 0 Å². The molecule has 8 heteroatoms. The highest BCUT2D eigenvalue weighted by atomic mass is 32.1. The van der Waals surface area contributed by atoms with E-state index in [-0.39, 0.29) is 17.1 Å². The second kappa shape index (κ2) is 8.71. The van der Waals surface area contributed by atoms with Crippen molar-refractivity contribution in [1.29, 1.82) is 0 Å². The Labute approximate surface area is 176 Å². The Morgan fingerprint density at radius 1 is 1.17 bits per heavy atom. The molecule has 1 aromatic heterocycles. The molecule has 1 N–H and O–H groups in total. The molecule has 5 nitrogen and oxygen atoms in total. The van der Waals surface area contributed by atoms with Gasteiger partial charge < -0.3 is 19.7 Å². The fourth-order valence-electron chi connectivity index (χ4n) is 3.56. The van der Waals surface area contributed by atoms with E-state index in [0.29, 0.717) is 5.69 Å². The van der Waals surface area contributed by atoms with Gasteiger partial charge in [-0.1, -0.05) is 18.2 Å². The number of benzene rings is 2. The van der Waals surface area contributed by atoms with Crippen molar-refractivity contribution in [2.45, 2.75) is 19.6 Å².